The Bertz CT molecular complexity index is 339. The third-order valence-corrected chi connectivity index (χ3v) is 3.68. The second kappa shape index (κ2) is 7.97. The fourth-order valence-corrected chi connectivity index (χ4v) is 2.16. The largest absolute Gasteiger partial charge is 0.314 e. The quantitative estimate of drug-likeness (QED) is 0.759. The predicted octanol–water partition coefficient (Wildman–Crippen LogP) is 4.70. The summed E-state index contributed by atoms with van der Waals surface area (Å²) in [6.45, 7) is 5.51. The third-order valence-electron chi connectivity index (χ3n) is 2.94. The van der Waals surface area contributed by atoms with Crippen LogP contribution in [0.25, 0.3) is 0 Å². The van der Waals surface area contributed by atoms with E-state index in [0.29, 0.717) is 16.1 Å². The molecule has 1 atom stereocenters. The highest BCUT2D eigenvalue weighted by molar-refractivity contribution is 6.42. The normalized spacial score (nSPS) is 12.7. The Morgan fingerprint density at radius 2 is 1.94 bits per heavy atom. The zero-order chi connectivity index (χ0) is 12.7. The number of aryl methyl sites for hydroxylation is 1. The molecule has 0 heterocycles. The van der Waals surface area contributed by atoms with E-state index in [1.165, 1.54) is 18.4 Å². The molecule has 1 rings (SSSR count). The van der Waals surface area contributed by atoms with Crippen LogP contribution in [0.15, 0.2) is 18.2 Å². The maximum atomic E-state index is 6.00. The van der Waals surface area contributed by atoms with Crippen LogP contribution in [0.3, 0.4) is 0 Å². The van der Waals surface area contributed by atoms with Gasteiger partial charge >= 0.3 is 0 Å². The van der Waals surface area contributed by atoms with E-state index in [-0.39, 0.29) is 0 Å². The lowest BCUT2D eigenvalue weighted by molar-refractivity contribution is 0.468. The number of hydrogen-bond donors (Lipinski definition) is 1. The maximum Gasteiger partial charge on any atom is 0.0595 e. The summed E-state index contributed by atoms with van der Waals surface area (Å²) in [5, 5.41) is 4.84. The van der Waals surface area contributed by atoms with Gasteiger partial charge in [-0.2, -0.15) is 0 Å². The van der Waals surface area contributed by atoms with E-state index < -0.39 is 0 Å². The molecule has 1 unspecified atom stereocenters. The van der Waals surface area contributed by atoms with Crippen molar-refractivity contribution in [3.8, 4) is 0 Å². The third kappa shape index (κ3) is 5.29. The Hall–Kier alpha value is -0.240. The number of benzene rings is 1. The molecule has 1 nitrogen and oxygen atoms in total. The van der Waals surface area contributed by atoms with Gasteiger partial charge in [0.25, 0.3) is 0 Å². The molecule has 1 N–H and O–H groups in total. The highest BCUT2D eigenvalue weighted by Crippen LogP contribution is 2.23. The van der Waals surface area contributed by atoms with Gasteiger partial charge in [-0.25, -0.2) is 0 Å². The fourth-order valence-electron chi connectivity index (χ4n) is 1.84. The summed E-state index contributed by atoms with van der Waals surface area (Å²) in [7, 11) is 0. The molecule has 0 radical (unpaired) electrons. The van der Waals surface area contributed by atoms with E-state index in [0.717, 1.165) is 19.4 Å². The van der Waals surface area contributed by atoms with Gasteiger partial charge in [-0.15, -0.1) is 0 Å². The summed E-state index contributed by atoms with van der Waals surface area (Å²) < 4.78 is 0. The molecular weight excluding hydrogens is 253 g/mol. The average molecular weight is 274 g/mol. The van der Waals surface area contributed by atoms with E-state index in [1.54, 1.807) is 0 Å². The molecular formula is C14H21Cl2N. The summed E-state index contributed by atoms with van der Waals surface area (Å²) in [6, 6.07) is 6.50. The molecule has 96 valence electrons. The van der Waals surface area contributed by atoms with Crippen LogP contribution >= 0.6 is 23.2 Å². The van der Waals surface area contributed by atoms with Crippen molar-refractivity contribution < 1.29 is 0 Å². The maximum absolute atomic E-state index is 6.00. The number of nitrogens with one attached hydrogen (secondary N) is 1. The van der Waals surface area contributed by atoms with Crippen molar-refractivity contribution in [3.05, 3.63) is 33.8 Å². The predicted molar refractivity (Wildman–Crippen MR) is 77.2 cm³/mol. The van der Waals surface area contributed by atoms with Crippen LogP contribution < -0.4 is 5.32 Å². The summed E-state index contributed by atoms with van der Waals surface area (Å²) in [5.41, 5.74) is 1.26. The second-order valence-electron chi connectivity index (χ2n) is 4.35. The first-order valence-corrected chi connectivity index (χ1v) is 7.10. The Kier molecular flexibility index (Phi) is 6.94. The van der Waals surface area contributed by atoms with E-state index in [9.17, 15) is 0 Å². The first-order valence-electron chi connectivity index (χ1n) is 6.34. The molecule has 0 saturated carbocycles. The molecule has 0 amide bonds. The molecule has 0 spiro atoms. The lowest BCUT2D eigenvalue weighted by Crippen LogP contribution is -2.29. The van der Waals surface area contributed by atoms with Crippen LogP contribution in [0.2, 0.25) is 10.0 Å². The fraction of sp³-hybridized carbons (Fsp3) is 0.571. The standard InChI is InChI=1S/C14H21Cl2N/c1-3-9-17-12(4-2)7-5-11-6-8-13(15)14(16)10-11/h6,8,10,12,17H,3-5,7,9H2,1-2H3. The molecule has 0 aliphatic heterocycles. The van der Waals surface area contributed by atoms with Gasteiger partial charge in [0.2, 0.25) is 0 Å². The lowest BCUT2D eigenvalue weighted by atomic mass is 10.0. The van der Waals surface area contributed by atoms with Crippen molar-refractivity contribution in [1.82, 2.24) is 5.32 Å². The van der Waals surface area contributed by atoms with Crippen LogP contribution in [-0.2, 0) is 6.42 Å². The van der Waals surface area contributed by atoms with Crippen LogP contribution in [0.5, 0.6) is 0 Å². The first-order chi connectivity index (χ1) is 8.17. The summed E-state index contributed by atoms with van der Waals surface area (Å²) in [5.74, 6) is 0. The minimum Gasteiger partial charge on any atom is -0.314 e. The molecule has 1 aromatic rings. The average Bonchev–Trinajstić information content (AvgIpc) is 2.34. The van der Waals surface area contributed by atoms with Gasteiger partial charge in [-0.3, -0.25) is 0 Å². The summed E-state index contributed by atoms with van der Waals surface area (Å²) >= 11 is 11.9. The molecule has 0 aliphatic rings. The van der Waals surface area contributed by atoms with Crippen molar-refractivity contribution >= 4 is 23.2 Å². The molecule has 3 heteroatoms. The second-order valence-corrected chi connectivity index (χ2v) is 5.16. The monoisotopic (exact) mass is 273 g/mol. The van der Waals surface area contributed by atoms with Crippen molar-refractivity contribution in [2.75, 3.05) is 6.54 Å². The van der Waals surface area contributed by atoms with E-state index in [2.05, 4.69) is 25.2 Å². The Labute approximate surface area is 115 Å². The van der Waals surface area contributed by atoms with Gasteiger partial charge in [0.05, 0.1) is 10.0 Å². The first kappa shape index (κ1) is 14.8. The van der Waals surface area contributed by atoms with Gasteiger partial charge in [0, 0.05) is 6.04 Å². The van der Waals surface area contributed by atoms with Crippen molar-refractivity contribution in [3.63, 3.8) is 0 Å². The van der Waals surface area contributed by atoms with Crippen LogP contribution in [-0.4, -0.2) is 12.6 Å². The van der Waals surface area contributed by atoms with E-state index in [1.807, 2.05) is 12.1 Å². The number of halogens is 2. The molecule has 0 aliphatic carbocycles. The minimum atomic E-state index is 0.601. The Morgan fingerprint density at radius 3 is 2.53 bits per heavy atom. The van der Waals surface area contributed by atoms with Gasteiger partial charge in [-0.1, -0.05) is 43.1 Å². The Balaban J connectivity index is 2.45. The van der Waals surface area contributed by atoms with Crippen LogP contribution in [0.4, 0.5) is 0 Å². The van der Waals surface area contributed by atoms with Crippen molar-refractivity contribution in [1.29, 1.82) is 0 Å². The highest BCUT2D eigenvalue weighted by Gasteiger charge is 2.06. The van der Waals surface area contributed by atoms with Crippen LogP contribution in [0.1, 0.15) is 38.7 Å². The highest BCUT2D eigenvalue weighted by atomic mass is 35.5. The molecule has 17 heavy (non-hydrogen) atoms. The van der Waals surface area contributed by atoms with Gasteiger partial charge in [0.15, 0.2) is 0 Å². The van der Waals surface area contributed by atoms with E-state index in [4.69, 9.17) is 23.2 Å². The van der Waals surface area contributed by atoms with E-state index >= 15 is 0 Å². The van der Waals surface area contributed by atoms with Gasteiger partial charge < -0.3 is 5.32 Å². The van der Waals surface area contributed by atoms with Gasteiger partial charge in [0.1, 0.15) is 0 Å². The SMILES string of the molecule is CCCNC(CC)CCc1ccc(Cl)c(Cl)c1. The van der Waals surface area contributed by atoms with Crippen LogP contribution in [0, 0.1) is 0 Å². The zero-order valence-corrected chi connectivity index (χ0v) is 12.1. The summed E-state index contributed by atoms with van der Waals surface area (Å²) in [4.78, 5) is 0. The molecule has 0 fully saturated rings. The smallest absolute Gasteiger partial charge is 0.0595 e. The number of rotatable bonds is 7. The molecule has 1 aromatic carbocycles. The molecule has 0 aromatic heterocycles. The number of hydrogen-bond acceptors (Lipinski definition) is 1. The van der Waals surface area contributed by atoms with Crippen molar-refractivity contribution in [2.24, 2.45) is 0 Å². The lowest BCUT2D eigenvalue weighted by Gasteiger charge is -2.16. The summed E-state index contributed by atoms with van der Waals surface area (Å²) in [6.07, 6.45) is 4.55. The van der Waals surface area contributed by atoms with Gasteiger partial charge in [-0.05, 0) is 49.9 Å². The zero-order valence-electron chi connectivity index (χ0n) is 10.6. The topological polar surface area (TPSA) is 12.0 Å². The van der Waals surface area contributed by atoms with Crippen molar-refractivity contribution in [2.45, 2.75) is 45.6 Å². The molecule has 0 bridgehead atoms. The molecule has 0 saturated heterocycles. The Morgan fingerprint density at radius 1 is 1.18 bits per heavy atom. The minimum absolute atomic E-state index is 0.601.